The Hall–Kier alpha value is -1.56. The molecule has 1 aliphatic heterocycles. The van der Waals surface area contributed by atoms with Gasteiger partial charge in [-0.25, -0.2) is 0 Å². The molecule has 1 saturated heterocycles. The summed E-state index contributed by atoms with van der Waals surface area (Å²) in [4.78, 5) is 22.6. The lowest BCUT2D eigenvalue weighted by Crippen LogP contribution is -2.47. The molecule has 0 spiro atoms. The van der Waals surface area contributed by atoms with Crippen molar-refractivity contribution in [1.82, 2.24) is 10.6 Å². The van der Waals surface area contributed by atoms with Gasteiger partial charge < -0.3 is 15.1 Å². The predicted octanol–water partition coefficient (Wildman–Crippen LogP) is 1.45. The van der Waals surface area contributed by atoms with E-state index in [0.717, 1.165) is 0 Å². The summed E-state index contributed by atoms with van der Waals surface area (Å²) >= 11 is 3.18. The highest BCUT2D eigenvalue weighted by Crippen LogP contribution is 2.14. The van der Waals surface area contributed by atoms with Crippen molar-refractivity contribution in [3.63, 3.8) is 0 Å². The van der Waals surface area contributed by atoms with Crippen molar-refractivity contribution in [1.29, 1.82) is 0 Å². The summed E-state index contributed by atoms with van der Waals surface area (Å²) in [5, 5.41) is 5.53. The SMILES string of the molecule is O=C(C=Cc1ccc(Br)o1)NC1CCC(=O)NC1. The van der Waals surface area contributed by atoms with Gasteiger partial charge in [0, 0.05) is 25.1 Å². The number of piperidine rings is 1. The second-order valence-corrected chi connectivity index (χ2v) is 4.81. The monoisotopic (exact) mass is 312 g/mol. The fourth-order valence-electron chi connectivity index (χ4n) is 1.68. The van der Waals surface area contributed by atoms with E-state index in [-0.39, 0.29) is 17.9 Å². The Morgan fingerprint density at radius 1 is 1.56 bits per heavy atom. The van der Waals surface area contributed by atoms with Crippen LogP contribution in [0.3, 0.4) is 0 Å². The average Bonchev–Trinajstić information content (AvgIpc) is 2.76. The van der Waals surface area contributed by atoms with Gasteiger partial charge in [0.2, 0.25) is 11.8 Å². The van der Waals surface area contributed by atoms with Gasteiger partial charge in [-0.2, -0.15) is 0 Å². The summed E-state index contributed by atoms with van der Waals surface area (Å²) in [7, 11) is 0. The minimum absolute atomic E-state index is 0.00295. The third-order valence-corrected chi connectivity index (χ3v) is 3.03. The molecule has 0 aliphatic carbocycles. The third-order valence-electron chi connectivity index (χ3n) is 2.60. The molecule has 2 N–H and O–H groups in total. The van der Waals surface area contributed by atoms with Crippen LogP contribution in [0.4, 0.5) is 0 Å². The van der Waals surface area contributed by atoms with Gasteiger partial charge in [-0.05, 0) is 40.6 Å². The van der Waals surface area contributed by atoms with Crippen LogP contribution < -0.4 is 10.6 Å². The van der Waals surface area contributed by atoms with Crippen LogP contribution >= 0.6 is 15.9 Å². The number of carbonyl (C=O) groups is 2. The first-order valence-corrected chi connectivity index (χ1v) is 6.43. The number of furan rings is 1. The van der Waals surface area contributed by atoms with Crippen molar-refractivity contribution in [2.75, 3.05) is 6.54 Å². The van der Waals surface area contributed by atoms with Crippen LogP contribution in [0.5, 0.6) is 0 Å². The van der Waals surface area contributed by atoms with Gasteiger partial charge in [-0.3, -0.25) is 9.59 Å². The lowest BCUT2D eigenvalue weighted by molar-refractivity contribution is -0.124. The maximum Gasteiger partial charge on any atom is 0.244 e. The van der Waals surface area contributed by atoms with E-state index in [1.807, 2.05) is 0 Å². The molecule has 6 heteroatoms. The largest absolute Gasteiger partial charge is 0.450 e. The lowest BCUT2D eigenvalue weighted by Gasteiger charge is -2.22. The minimum Gasteiger partial charge on any atom is -0.450 e. The molecule has 2 rings (SSSR count). The van der Waals surface area contributed by atoms with E-state index in [0.29, 0.717) is 29.8 Å². The molecule has 1 atom stereocenters. The van der Waals surface area contributed by atoms with Gasteiger partial charge in [0.1, 0.15) is 5.76 Å². The molecule has 2 amide bonds. The molecule has 96 valence electrons. The van der Waals surface area contributed by atoms with E-state index >= 15 is 0 Å². The fraction of sp³-hybridized carbons (Fsp3) is 0.333. The summed E-state index contributed by atoms with van der Waals surface area (Å²) in [6.45, 7) is 0.491. The van der Waals surface area contributed by atoms with Gasteiger partial charge in [0.15, 0.2) is 4.67 Å². The molecular weight excluding hydrogens is 300 g/mol. The summed E-state index contributed by atoms with van der Waals surface area (Å²) in [6, 6.07) is 3.52. The molecular formula is C12H13BrN2O3. The third kappa shape index (κ3) is 3.73. The Bertz CT molecular complexity index is 471. The number of halogens is 1. The smallest absolute Gasteiger partial charge is 0.244 e. The van der Waals surface area contributed by atoms with Crippen molar-refractivity contribution < 1.29 is 14.0 Å². The zero-order valence-electron chi connectivity index (χ0n) is 9.61. The molecule has 0 radical (unpaired) electrons. The van der Waals surface area contributed by atoms with Crippen LogP contribution in [0.1, 0.15) is 18.6 Å². The van der Waals surface area contributed by atoms with Crippen LogP contribution in [0.25, 0.3) is 6.08 Å². The van der Waals surface area contributed by atoms with Crippen LogP contribution in [0.2, 0.25) is 0 Å². The van der Waals surface area contributed by atoms with Gasteiger partial charge in [-0.15, -0.1) is 0 Å². The van der Waals surface area contributed by atoms with Crippen LogP contribution in [0, 0.1) is 0 Å². The summed E-state index contributed by atoms with van der Waals surface area (Å²) in [6.07, 6.45) is 4.15. The molecule has 1 aromatic heterocycles. The van der Waals surface area contributed by atoms with E-state index in [1.54, 1.807) is 18.2 Å². The first kappa shape index (κ1) is 12.9. The molecule has 18 heavy (non-hydrogen) atoms. The molecule has 5 nitrogen and oxygen atoms in total. The summed E-state index contributed by atoms with van der Waals surface area (Å²) in [5.74, 6) is 0.453. The van der Waals surface area contributed by atoms with Crippen molar-refractivity contribution in [2.45, 2.75) is 18.9 Å². The maximum atomic E-state index is 11.6. The van der Waals surface area contributed by atoms with Crippen LogP contribution in [-0.4, -0.2) is 24.4 Å². The number of hydrogen-bond acceptors (Lipinski definition) is 3. The zero-order chi connectivity index (χ0) is 13.0. The molecule has 0 saturated carbocycles. The summed E-state index contributed by atoms with van der Waals surface area (Å²) < 4.78 is 5.85. The molecule has 0 bridgehead atoms. The van der Waals surface area contributed by atoms with E-state index in [2.05, 4.69) is 26.6 Å². The molecule has 1 unspecified atom stereocenters. The summed E-state index contributed by atoms with van der Waals surface area (Å²) in [5.41, 5.74) is 0. The van der Waals surface area contributed by atoms with Gasteiger partial charge in [0.25, 0.3) is 0 Å². The normalized spacial score (nSPS) is 19.8. The number of hydrogen-bond donors (Lipinski definition) is 2. The van der Waals surface area contributed by atoms with Gasteiger partial charge in [-0.1, -0.05) is 0 Å². The van der Waals surface area contributed by atoms with Crippen LogP contribution in [0.15, 0.2) is 27.3 Å². The Morgan fingerprint density at radius 2 is 2.39 bits per heavy atom. The topological polar surface area (TPSA) is 71.3 Å². The number of amides is 2. The molecule has 2 heterocycles. The quantitative estimate of drug-likeness (QED) is 0.830. The van der Waals surface area contributed by atoms with Crippen molar-refractivity contribution in [3.8, 4) is 0 Å². The Labute approximate surface area is 113 Å². The average molecular weight is 313 g/mol. The van der Waals surface area contributed by atoms with E-state index < -0.39 is 0 Å². The highest BCUT2D eigenvalue weighted by molar-refractivity contribution is 9.10. The van der Waals surface area contributed by atoms with Gasteiger partial charge >= 0.3 is 0 Å². The van der Waals surface area contributed by atoms with E-state index in [9.17, 15) is 9.59 Å². The number of nitrogens with one attached hydrogen (secondary N) is 2. The van der Waals surface area contributed by atoms with Crippen molar-refractivity contribution in [2.24, 2.45) is 0 Å². The molecule has 1 fully saturated rings. The molecule has 0 aromatic carbocycles. The van der Waals surface area contributed by atoms with Gasteiger partial charge in [0.05, 0.1) is 0 Å². The van der Waals surface area contributed by atoms with Crippen LogP contribution in [-0.2, 0) is 9.59 Å². The van der Waals surface area contributed by atoms with Crippen molar-refractivity contribution in [3.05, 3.63) is 28.6 Å². The zero-order valence-corrected chi connectivity index (χ0v) is 11.2. The number of rotatable bonds is 3. The highest BCUT2D eigenvalue weighted by atomic mass is 79.9. The Morgan fingerprint density at radius 3 is 3.00 bits per heavy atom. The molecule has 1 aliphatic rings. The Kier molecular flexibility index (Phi) is 4.19. The highest BCUT2D eigenvalue weighted by Gasteiger charge is 2.18. The Balaban J connectivity index is 1.81. The maximum absolute atomic E-state index is 11.6. The van der Waals surface area contributed by atoms with E-state index in [4.69, 9.17) is 4.42 Å². The lowest BCUT2D eigenvalue weighted by atomic mass is 10.1. The molecule has 1 aromatic rings. The first-order chi connectivity index (χ1) is 8.63. The van der Waals surface area contributed by atoms with Crippen molar-refractivity contribution >= 4 is 33.8 Å². The second-order valence-electron chi connectivity index (χ2n) is 4.02. The minimum atomic E-state index is -0.191. The standard InChI is InChI=1S/C12H13BrN2O3/c13-10-4-2-9(18-10)3-6-12(17)15-8-1-5-11(16)14-7-8/h2-4,6,8H,1,5,7H2,(H,14,16)(H,15,17). The fourth-order valence-corrected chi connectivity index (χ4v) is 2.00. The second kappa shape index (κ2) is 5.86. The first-order valence-electron chi connectivity index (χ1n) is 5.64. The predicted molar refractivity (Wildman–Crippen MR) is 69.6 cm³/mol. The van der Waals surface area contributed by atoms with E-state index in [1.165, 1.54) is 6.08 Å². The number of carbonyl (C=O) groups excluding carboxylic acids is 2.